The van der Waals surface area contributed by atoms with Crippen LogP contribution in [0.2, 0.25) is 0 Å². The van der Waals surface area contributed by atoms with Crippen molar-refractivity contribution < 1.29 is 0 Å². The standard InChI is InChI=1S/C5H12N2.C2H6/c1-7(2)5-3-6-4-5;1-2/h5-6H,3-4H2,1-2H3;1-2H3. The molecule has 0 spiro atoms. The Morgan fingerprint density at radius 2 is 1.67 bits per heavy atom. The molecule has 9 heavy (non-hydrogen) atoms. The Morgan fingerprint density at radius 1 is 1.22 bits per heavy atom. The minimum atomic E-state index is 0.806. The Kier molecular flexibility index (Phi) is 4.72. The molecule has 0 aromatic carbocycles. The largest absolute Gasteiger partial charge is 0.314 e. The molecule has 0 radical (unpaired) electrons. The second-order valence-corrected chi connectivity index (χ2v) is 2.28. The van der Waals surface area contributed by atoms with Crippen LogP contribution in [-0.2, 0) is 0 Å². The van der Waals surface area contributed by atoms with Gasteiger partial charge in [0.25, 0.3) is 0 Å². The minimum Gasteiger partial charge on any atom is -0.314 e. The van der Waals surface area contributed by atoms with E-state index in [1.54, 1.807) is 0 Å². The van der Waals surface area contributed by atoms with Crippen LogP contribution in [0.25, 0.3) is 0 Å². The van der Waals surface area contributed by atoms with E-state index in [0.29, 0.717) is 0 Å². The third-order valence-electron chi connectivity index (χ3n) is 1.49. The van der Waals surface area contributed by atoms with Gasteiger partial charge in [-0.3, -0.25) is 0 Å². The van der Waals surface area contributed by atoms with Crippen molar-refractivity contribution in [2.75, 3.05) is 27.2 Å². The molecule has 1 saturated heterocycles. The first kappa shape index (κ1) is 8.92. The fourth-order valence-corrected chi connectivity index (χ4v) is 0.639. The van der Waals surface area contributed by atoms with Gasteiger partial charge in [-0.25, -0.2) is 0 Å². The van der Waals surface area contributed by atoms with Crippen molar-refractivity contribution in [3.8, 4) is 0 Å². The smallest absolute Gasteiger partial charge is 0.0339 e. The van der Waals surface area contributed by atoms with Crippen molar-refractivity contribution >= 4 is 0 Å². The monoisotopic (exact) mass is 130 g/mol. The van der Waals surface area contributed by atoms with Crippen LogP contribution in [0.5, 0.6) is 0 Å². The molecule has 1 fully saturated rings. The normalized spacial score (nSPS) is 18.3. The molecule has 0 amide bonds. The maximum atomic E-state index is 3.20. The predicted molar refractivity (Wildman–Crippen MR) is 41.7 cm³/mol. The molecule has 1 aliphatic rings. The molecule has 0 aromatic rings. The molecule has 0 aliphatic carbocycles. The van der Waals surface area contributed by atoms with Gasteiger partial charge in [0.15, 0.2) is 0 Å². The second kappa shape index (κ2) is 4.77. The SMILES string of the molecule is CC.CN(C)C1CNC1. The highest BCUT2D eigenvalue weighted by Crippen LogP contribution is 1.96. The van der Waals surface area contributed by atoms with Crippen molar-refractivity contribution in [3.05, 3.63) is 0 Å². The zero-order valence-electron chi connectivity index (χ0n) is 6.94. The highest BCUT2D eigenvalue weighted by molar-refractivity contribution is 4.80. The Hall–Kier alpha value is -0.0800. The maximum Gasteiger partial charge on any atom is 0.0339 e. The first-order valence-electron chi connectivity index (χ1n) is 3.68. The van der Waals surface area contributed by atoms with E-state index in [-0.39, 0.29) is 0 Å². The maximum absolute atomic E-state index is 3.20. The zero-order valence-corrected chi connectivity index (χ0v) is 6.94. The Balaban J connectivity index is 0.000000291. The molecule has 0 unspecified atom stereocenters. The molecule has 2 nitrogen and oxygen atoms in total. The summed E-state index contributed by atoms with van der Waals surface area (Å²) in [7, 11) is 4.23. The van der Waals surface area contributed by atoms with Gasteiger partial charge in [-0.15, -0.1) is 0 Å². The number of nitrogens with one attached hydrogen (secondary N) is 1. The lowest BCUT2D eigenvalue weighted by molar-refractivity contribution is 0.216. The fraction of sp³-hybridized carbons (Fsp3) is 1.00. The zero-order chi connectivity index (χ0) is 7.28. The first-order valence-corrected chi connectivity index (χ1v) is 3.68. The number of hydrogen-bond acceptors (Lipinski definition) is 2. The summed E-state index contributed by atoms with van der Waals surface area (Å²) >= 11 is 0. The lowest BCUT2D eigenvalue weighted by Gasteiger charge is -2.32. The van der Waals surface area contributed by atoms with Crippen molar-refractivity contribution in [1.29, 1.82) is 0 Å². The Morgan fingerprint density at radius 3 is 1.67 bits per heavy atom. The number of hydrogen-bond donors (Lipinski definition) is 1. The Labute approximate surface area is 58.2 Å². The third-order valence-corrected chi connectivity index (χ3v) is 1.49. The molecule has 0 aromatic heterocycles. The molecule has 2 heteroatoms. The van der Waals surface area contributed by atoms with Gasteiger partial charge >= 0.3 is 0 Å². The summed E-state index contributed by atoms with van der Waals surface area (Å²) in [6.07, 6.45) is 0. The van der Waals surface area contributed by atoms with E-state index in [1.165, 1.54) is 13.1 Å². The molecule has 0 bridgehead atoms. The molecule has 1 aliphatic heterocycles. The van der Waals surface area contributed by atoms with Crippen molar-refractivity contribution in [2.24, 2.45) is 0 Å². The molecule has 1 N–H and O–H groups in total. The number of rotatable bonds is 1. The van der Waals surface area contributed by atoms with E-state index >= 15 is 0 Å². The van der Waals surface area contributed by atoms with E-state index in [0.717, 1.165) is 6.04 Å². The van der Waals surface area contributed by atoms with E-state index in [1.807, 2.05) is 13.8 Å². The molecule has 1 heterocycles. The molecule has 1 rings (SSSR count). The summed E-state index contributed by atoms with van der Waals surface area (Å²) in [5.74, 6) is 0. The summed E-state index contributed by atoms with van der Waals surface area (Å²) in [5.41, 5.74) is 0. The van der Waals surface area contributed by atoms with Gasteiger partial charge in [0.2, 0.25) is 0 Å². The number of nitrogens with zero attached hydrogens (tertiary/aromatic N) is 1. The summed E-state index contributed by atoms with van der Waals surface area (Å²) < 4.78 is 0. The molecule has 0 atom stereocenters. The lowest BCUT2D eigenvalue weighted by atomic mass is 10.2. The van der Waals surface area contributed by atoms with Gasteiger partial charge in [-0.05, 0) is 14.1 Å². The van der Waals surface area contributed by atoms with Gasteiger partial charge in [0.05, 0.1) is 0 Å². The molecule has 0 saturated carbocycles. The summed E-state index contributed by atoms with van der Waals surface area (Å²) in [6, 6.07) is 0.806. The average molecular weight is 130 g/mol. The van der Waals surface area contributed by atoms with Gasteiger partial charge in [0, 0.05) is 19.1 Å². The summed E-state index contributed by atoms with van der Waals surface area (Å²) in [6.45, 7) is 6.35. The third kappa shape index (κ3) is 2.82. The summed E-state index contributed by atoms with van der Waals surface area (Å²) in [4.78, 5) is 2.25. The topological polar surface area (TPSA) is 15.3 Å². The quantitative estimate of drug-likeness (QED) is 0.557. The van der Waals surface area contributed by atoms with Gasteiger partial charge in [0.1, 0.15) is 0 Å². The minimum absolute atomic E-state index is 0.806. The highest BCUT2D eigenvalue weighted by Gasteiger charge is 2.17. The molecular weight excluding hydrogens is 112 g/mol. The van der Waals surface area contributed by atoms with E-state index < -0.39 is 0 Å². The van der Waals surface area contributed by atoms with Gasteiger partial charge < -0.3 is 10.2 Å². The van der Waals surface area contributed by atoms with Gasteiger partial charge in [-0.2, -0.15) is 0 Å². The second-order valence-electron chi connectivity index (χ2n) is 2.28. The predicted octanol–water partition coefficient (Wildman–Crippen LogP) is 0.546. The summed E-state index contributed by atoms with van der Waals surface area (Å²) in [5, 5.41) is 3.20. The van der Waals surface area contributed by atoms with Gasteiger partial charge in [-0.1, -0.05) is 13.8 Å². The van der Waals surface area contributed by atoms with Crippen molar-refractivity contribution in [3.63, 3.8) is 0 Å². The van der Waals surface area contributed by atoms with Crippen LogP contribution in [-0.4, -0.2) is 38.1 Å². The lowest BCUT2D eigenvalue weighted by Crippen LogP contribution is -2.54. The highest BCUT2D eigenvalue weighted by atomic mass is 15.2. The molecule has 56 valence electrons. The van der Waals surface area contributed by atoms with Crippen LogP contribution in [0.1, 0.15) is 13.8 Å². The first-order chi connectivity index (χ1) is 4.30. The van der Waals surface area contributed by atoms with Crippen LogP contribution >= 0.6 is 0 Å². The van der Waals surface area contributed by atoms with Crippen LogP contribution in [0.4, 0.5) is 0 Å². The van der Waals surface area contributed by atoms with Crippen LogP contribution < -0.4 is 5.32 Å². The van der Waals surface area contributed by atoms with Crippen LogP contribution in [0.15, 0.2) is 0 Å². The van der Waals surface area contributed by atoms with Crippen LogP contribution in [0, 0.1) is 0 Å². The molecular formula is C7H18N2. The average Bonchev–Trinajstić information content (AvgIpc) is 1.65. The Bertz CT molecular complexity index is 57.9. The van der Waals surface area contributed by atoms with E-state index in [2.05, 4.69) is 24.3 Å². The van der Waals surface area contributed by atoms with Crippen molar-refractivity contribution in [2.45, 2.75) is 19.9 Å². The van der Waals surface area contributed by atoms with Crippen molar-refractivity contribution in [1.82, 2.24) is 10.2 Å². The number of likely N-dealkylation sites (N-methyl/N-ethyl adjacent to an activating group) is 1. The van der Waals surface area contributed by atoms with Crippen LogP contribution in [0.3, 0.4) is 0 Å². The van der Waals surface area contributed by atoms with E-state index in [9.17, 15) is 0 Å². The fourth-order valence-electron chi connectivity index (χ4n) is 0.639. The van der Waals surface area contributed by atoms with E-state index in [4.69, 9.17) is 0 Å².